The third-order valence-electron chi connectivity index (χ3n) is 3.73. The van der Waals surface area contributed by atoms with E-state index in [1.807, 2.05) is 25.2 Å². The molecule has 0 atom stereocenters. The summed E-state index contributed by atoms with van der Waals surface area (Å²) in [5.74, 6) is 0.663. The first-order valence-electron chi connectivity index (χ1n) is 7.65. The molecule has 0 fully saturated rings. The number of hydrogen-bond acceptors (Lipinski definition) is 7. The van der Waals surface area contributed by atoms with Gasteiger partial charge in [-0.3, -0.25) is 15.1 Å². The number of pyridine rings is 2. The highest BCUT2D eigenvalue weighted by Gasteiger charge is 2.18. The van der Waals surface area contributed by atoms with E-state index >= 15 is 0 Å². The highest BCUT2D eigenvalue weighted by Crippen LogP contribution is 2.30. The molecule has 2 aromatic heterocycles. The Balaban J connectivity index is 1.96. The molecule has 8 nitrogen and oxygen atoms in total. The van der Waals surface area contributed by atoms with Crippen LogP contribution in [0.25, 0.3) is 0 Å². The van der Waals surface area contributed by atoms with Gasteiger partial charge in [0.25, 0.3) is 0 Å². The third kappa shape index (κ3) is 3.57. The Kier molecular flexibility index (Phi) is 4.71. The van der Waals surface area contributed by atoms with Crippen LogP contribution in [0.15, 0.2) is 60.9 Å². The number of benzene rings is 1. The van der Waals surface area contributed by atoms with Crippen molar-refractivity contribution in [3.63, 3.8) is 0 Å². The molecule has 0 saturated carbocycles. The van der Waals surface area contributed by atoms with Crippen molar-refractivity contribution in [1.82, 2.24) is 9.97 Å². The molecule has 1 N–H and O–H groups in total. The number of nitro groups is 1. The molecule has 0 unspecified atom stereocenters. The van der Waals surface area contributed by atoms with E-state index < -0.39 is 4.92 Å². The predicted octanol–water partition coefficient (Wildman–Crippen LogP) is 3.77. The summed E-state index contributed by atoms with van der Waals surface area (Å²) in [5.41, 5.74) is 1.82. The predicted molar refractivity (Wildman–Crippen MR) is 97.6 cm³/mol. The fraction of sp³-hybridized carbons (Fsp3) is 0.0556. The molecule has 3 aromatic rings. The summed E-state index contributed by atoms with van der Waals surface area (Å²) < 4.78 is 0. The maximum Gasteiger partial charge on any atom is 0.311 e. The number of nitrogens with zero attached hydrogens (tertiary/aromatic N) is 5. The molecular formula is C18H14N6O2. The molecule has 0 bridgehead atoms. The smallest absolute Gasteiger partial charge is 0.311 e. The zero-order chi connectivity index (χ0) is 18.5. The molecule has 0 aliphatic rings. The second-order valence-corrected chi connectivity index (χ2v) is 5.37. The molecule has 1 aromatic carbocycles. The van der Waals surface area contributed by atoms with Gasteiger partial charge in [0.15, 0.2) is 0 Å². The van der Waals surface area contributed by atoms with Crippen LogP contribution in [0.1, 0.15) is 5.56 Å². The topological polar surface area (TPSA) is 108 Å². The fourth-order valence-corrected chi connectivity index (χ4v) is 2.33. The lowest BCUT2D eigenvalue weighted by Crippen LogP contribution is -2.12. The molecule has 0 radical (unpaired) electrons. The SMILES string of the molecule is CN(c1ccncc1)c1ccc([N+](=O)[O-])c(Nc2ccc(C#N)cc2)n1. The van der Waals surface area contributed by atoms with Crippen molar-refractivity contribution in [2.75, 3.05) is 17.3 Å². The minimum absolute atomic E-state index is 0.123. The lowest BCUT2D eigenvalue weighted by atomic mass is 10.2. The van der Waals surface area contributed by atoms with Crippen LogP contribution in [0, 0.1) is 21.4 Å². The van der Waals surface area contributed by atoms with Crippen molar-refractivity contribution in [1.29, 1.82) is 5.26 Å². The molecule has 0 amide bonds. The van der Waals surface area contributed by atoms with Gasteiger partial charge in [-0.25, -0.2) is 4.98 Å². The van der Waals surface area contributed by atoms with Gasteiger partial charge in [-0.1, -0.05) is 0 Å². The summed E-state index contributed by atoms with van der Waals surface area (Å²) in [4.78, 5) is 21.0. The van der Waals surface area contributed by atoms with E-state index in [2.05, 4.69) is 15.3 Å². The summed E-state index contributed by atoms with van der Waals surface area (Å²) in [6.07, 6.45) is 3.32. The maximum absolute atomic E-state index is 11.3. The van der Waals surface area contributed by atoms with Gasteiger partial charge < -0.3 is 10.2 Å². The van der Waals surface area contributed by atoms with E-state index in [0.717, 1.165) is 5.69 Å². The first kappa shape index (κ1) is 16.9. The average molecular weight is 346 g/mol. The van der Waals surface area contributed by atoms with Crippen LogP contribution in [0.3, 0.4) is 0 Å². The molecular weight excluding hydrogens is 332 g/mol. The van der Waals surface area contributed by atoms with Gasteiger partial charge in [0.1, 0.15) is 5.82 Å². The van der Waals surface area contributed by atoms with Crippen LogP contribution in [-0.4, -0.2) is 21.9 Å². The van der Waals surface area contributed by atoms with E-state index in [0.29, 0.717) is 17.1 Å². The maximum atomic E-state index is 11.3. The van der Waals surface area contributed by atoms with Crippen molar-refractivity contribution < 1.29 is 4.92 Å². The van der Waals surface area contributed by atoms with E-state index in [9.17, 15) is 10.1 Å². The monoisotopic (exact) mass is 346 g/mol. The number of hydrogen-bond donors (Lipinski definition) is 1. The lowest BCUT2D eigenvalue weighted by molar-refractivity contribution is -0.384. The zero-order valence-electron chi connectivity index (χ0n) is 13.8. The van der Waals surface area contributed by atoms with Gasteiger partial charge in [0.2, 0.25) is 5.82 Å². The molecule has 0 spiro atoms. The molecule has 3 rings (SSSR count). The van der Waals surface area contributed by atoms with Crippen LogP contribution in [0.2, 0.25) is 0 Å². The normalized spacial score (nSPS) is 10.0. The zero-order valence-corrected chi connectivity index (χ0v) is 13.8. The third-order valence-corrected chi connectivity index (χ3v) is 3.73. The standard InChI is InChI=1S/C18H14N6O2/c1-23(15-8-10-20-11-9-15)17-7-6-16(24(25)26)18(22-17)21-14-4-2-13(12-19)3-5-14/h2-11H,1H3,(H,21,22). The van der Waals surface area contributed by atoms with Gasteiger partial charge >= 0.3 is 5.69 Å². The fourth-order valence-electron chi connectivity index (χ4n) is 2.33. The van der Waals surface area contributed by atoms with E-state index in [4.69, 9.17) is 5.26 Å². The summed E-state index contributed by atoms with van der Waals surface area (Å²) >= 11 is 0. The van der Waals surface area contributed by atoms with Crippen molar-refractivity contribution >= 4 is 28.7 Å². The Hall–Kier alpha value is -3.99. The van der Waals surface area contributed by atoms with Crippen LogP contribution in [0.4, 0.5) is 28.7 Å². The van der Waals surface area contributed by atoms with Crippen LogP contribution in [0.5, 0.6) is 0 Å². The Labute approximate surface area is 149 Å². The average Bonchev–Trinajstić information content (AvgIpc) is 2.68. The molecule has 0 aliphatic carbocycles. The summed E-state index contributed by atoms with van der Waals surface area (Å²) in [6, 6.07) is 15.2. The van der Waals surface area contributed by atoms with Gasteiger partial charge in [-0.15, -0.1) is 0 Å². The Bertz CT molecular complexity index is 967. The van der Waals surface area contributed by atoms with E-state index in [-0.39, 0.29) is 11.5 Å². The molecule has 0 saturated heterocycles. The number of aromatic nitrogens is 2. The Morgan fingerprint density at radius 1 is 1.12 bits per heavy atom. The molecule has 2 heterocycles. The van der Waals surface area contributed by atoms with Crippen LogP contribution >= 0.6 is 0 Å². The van der Waals surface area contributed by atoms with E-state index in [1.165, 1.54) is 6.07 Å². The number of nitrogens with one attached hydrogen (secondary N) is 1. The minimum atomic E-state index is -0.491. The summed E-state index contributed by atoms with van der Waals surface area (Å²) in [7, 11) is 1.81. The van der Waals surface area contributed by atoms with Gasteiger partial charge in [0.05, 0.1) is 16.6 Å². The first-order valence-corrected chi connectivity index (χ1v) is 7.65. The Morgan fingerprint density at radius 2 is 1.81 bits per heavy atom. The van der Waals surface area contributed by atoms with Crippen LogP contribution in [-0.2, 0) is 0 Å². The minimum Gasteiger partial charge on any atom is -0.334 e. The van der Waals surface area contributed by atoms with Crippen molar-refractivity contribution in [2.45, 2.75) is 0 Å². The van der Waals surface area contributed by atoms with Gasteiger partial charge in [-0.2, -0.15) is 5.26 Å². The van der Waals surface area contributed by atoms with Crippen LogP contribution < -0.4 is 10.2 Å². The molecule has 8 heteroatoms. The quantitative estimate of drug-likeness (QED) is 0.553. The van der Waals surface area contributed by atoms with Gasteiger partial charge in [-0.05, 0) is 42.5 Å². The highest BCUT2D eigenvalue weighted by molar-refractivity contribution is 5.70. The molecule has 128 valence electrons. The summed E-state index contributed by atoms with van der Waals surface area (Å²) in [5, 5.41) is 23.1. The lowest BCUT2D eigenvalue weighted by Gasteiger charge is -2.19. The largest absolute Gasteiger partial charge is 0.334 e. The number of nitriles is 1. The second kappa shape index (κ2) is 7.27. The van der Waals surface area contributed by atoms with Crippen molar-refractivity contribution in [2.24, 2.45) is 0 Å². The second-order valence-electron chi connectivity index (χ2n) is 5.37. The molecule has 26 heavy (non-hydrogen) atoms. The highest BCUT2D eigenvalue weighted by atomic mass is 16.6. The van der Waals surface area contributed by atoms with Crippen molar-refractivity contribution in [3.8, 4) is 6.07 Å². The number of anilines is 4. The summed E-state index contributed by atoms with van der Waals surface area (Å²) in [6.45, 7) is 0. The van der Waals surface area contributed by atoms with Crippen molar-refractivity contribution in [3.05, 3.63) is 76.6 Å². The first-order chi connectivity index (χ1) is 12.6. The van der Waals surface area contributed by atoms with Gasteiger partial charge in [0, 0.05) is 36.9 Å². The Morgan fingerprint density at radius 3 is 2.42 bits per heavy atom. The molecule has 0 aliphatic heterocycles. The number of rotatable bonds is 5. The van der Waals surface area contributed by atoms with E-state index in [1.54, 1.807) is 47.6 Å².